The Kier molecular flexibility index (Phi) is 6.82. The summed E-state index contributed by atoms with van der Waals surface area (Å²) in [6.45, 7) is 6.96. The van der Waals surface area contributed by atoms with Crippen LogP contribution in [0.2, 0.25) is 0 Å². The van der Waals surface area contributed by atoms with Crippen LogP contribution in [0.1, 0.15) is 36.8 Å². The van der Waals surface area contributed by atoms with Crippen LogP contribution in [0.15, 0.2) is 53.5 Å². The quantitative estimate of drug-likeness (QED) is 0.552. The second-order valence-electron chi connectivity index (χ2n) is 9.50. The van der Waals surface area contributed by atoms with Crippen molar-refractivity contribution in [2.45, 2.75) is 32.9 Å². The Hall–Kier alpha value is -4.15. The molecule has 0 aliphatic carbocycles. The van der Waals surface area contributed by atoms with Gasteiger partial charge in [0.1, 0.15) is 11.2 Å². The maximum atomic E-state index is 14.5. The number of nitrogens with zero attached hydrogens (tertiary/aromatic N) is 5. The Labute approximate surface area is 207 Å². The standard InChI is InChI=1S/C25H28FN5O5/c1-25(2,3)36-24(35)29-13-11-28(12-14-29)18-9-10-19-27-20(21(32)23(34)30(19)16-18)22(33)31(26)15-17-7-5-4-6-8-17/h4-10,16,32H,11-15H2,1-3H3. The average molecular weight is 498 g/mol. The highest BCUT2D eigenvalue weighted by Gasteiger charge is 2.27. The molecule has 2 aromatic heterocycles. The van der Waals surface area contributed by atoms with Gasteiger partial charge < -0.3 is 19.6 Å². The van der Waals surface area contributed by atoms with Crippen molar-refractivity contribution < 1.29 is 23.9 Å². The fraction of sp³-hybridized carbons (Fsp3) is 0.360. The summed E-state index contributed by atoms with van der Waals surface area (Å²) in [5.41, 5.74) is -0.816. The fourth-order valence-electron chi connectivity index (χ4n) is 3.86. The van der Waals surface area contributed by atoms with Crippen molar-refractivity contribution in [3.63, 3.8) is 0 Å². The summed E-state index contributed by atoms with van der Waals surface area (Å²) in [5, 5.41) is 10.3. The van der Waals surface area contributed by atoms with Gasteiger partial charge in [-0.25, -0.2) is 9.78 Å². The van der Waals surface area contributed by atoms with Gasteiger partial charge in [0.25, 0.3) is 0 Å². The summed E-state index contributed by atoms with van der Waals surface area (Å²) >= 11 is 0. The minimum Gasteiger partial charge on any atom is -0.501 e. The molecule has 0 saturated carbocycles. The summed E-state index contributed by atoms with van der Waals surface area (Å²) in [6.07, 6.45) is 1.12. The highest BCUT2D eigenvalue weighted by atomic mass is 19.2. The molecule has 3 aromatic rings. The predicted octanol–water partition coefficient (Wildman–Crippen LogP) is 2.98. The molecular formula is C25H28FN5O5. The first-order valence-corrected chi connectivity index (χ1v) is 11.5. The Morgan fingerprint density at radius 3 is 2.39 bits per heavy atom. The number of rotatable bonds is 4. The predicted molar refractivity (Wildman–Crippen MR) is 131 cm³/mol. The smallest absolute Gasteiger partial charge is 0.410 e. The highest BCUT2D eigenvalue weighted by molar-refractivity contribution is 5.94. The summed E-state index contributed by atoms with van der Waals surface area (Å²) in [4.78, 5) is 45.4. The van der Waals surface area contributed by atoms with E-state index in [0.717, 1.165) is 4.40 Å². The number of aromatic hydroxyl groups is 1. The SMILES string of the molecule is CC(C)(C)OC(=O)N1CCN(c2ccc3nc(C(=O)N(F)Cc4ccccc4)c(O)c(=O)n3c2)CC1. The van der Waals surface area contributed by atoms with Crippen LogP contribution in [0.3, 0.4) is 0 Å². The average Bonchev–Trinajstić information content (AvgIpc) is 2.85. The second-order valence-corrected chi connectivity index (χ2v) is 9.50. The van der Waals surface area contributed by atoms with Crippen molar-refractivity contribution >= 4 is 23.3 Å². The topological polar surface area (TPSA) is 108 Å². The van der Waals surface area contributed by atoms with Crippen LogP contribution in [-0.4, -0.2) is 68.3 Å². The number of piperazine rings is 1. The Morgan fingerprint density at radius 2 is 1.75 bits per heavy atom. The van der Waals surface area contributed by atoms with E-state index in [1.165, 1.54) is 12.3 Å². The molecule has 1 aromatic carbocycles. The van der Waals surface area contributed by atoms with Crippen molar-refractivity contribution in [3.05, 3.63) is 70.3 Å². The van der Waals surface area contributed by atoms with Gasteiger partial charge in [-0.1, -0.05) is 34.8 Å². The molecule has 1 saturated heterocycles. The lowest BCUT2D eigenvalue weighted by Gasteiger charge is -2.36. The monoisotopic (exact) mass is 497 g/mol. The van der Waals surface area contributed by atoms with Gasteiger partial charge in [0.2, 0.25) is 5.75 Å². The van der Waals surface area contributed by atoms with Gasteiger partial charge in [-0.15, -0.1) is 0 Å². The van der Waals surface area contributed by atoms with E-state index in [-0.39, 0.29) is 23.4 Å². The zero-order valence-electron chi connectivity index (χ0n) is 20.3. The molecule has 3 heterocycles. The molecule has 1 aliphatic heterocycles. The molecule has 1 aliphatic rings. The molecule has 0 radical (unpaired) electrons. The molecule has 190 valence electrons. The lowest BCUT2D eigenvalue weighted by atomic mass is 10.2. The number of halogens is 1. The highest BCUT2D eigenvalue weighted by Crippen LogP contribution is 2.21. The number of pyridine rings is 1. The normalized spacial score (nSPS) is 14.1. The number of hydrogen-bond acceptors (Lipinski definition) is 7. The first-order chi connectivity index (χ1) is 17.0. The molecule has 1 fully saturated rings. The first kappa shape index (κ1) is 25.0. The molecule has 10 nitrogen and oxygen atoms in total. The number of carbonyl (C=O) groups is 2. The molecule has 11 heteroatoms. The molecule has 4 rings (SSSR count). The molecule has 36 heavy (non-hydrogen) atoms. The maximum Gasteiger partial charge on any atom is 0.410 e. The number of aromatic nitrogens is 2. The summed E-state index contributed by atoms with van der Waals surface area (Å²) in [6, 6.07) is 11.7. The van der Waals surface area contributed by atoms with Crippen LogP contribution in [0, 0.1) is 0 Å². The van der Waals surface area contributed by atoms with E-state index in [9.17, 15) is 24.0 Å². The van der Waals surface area contributed by atoms with Crippen LogP contribution >= 0.6 is 0 Å². The minimum absolute atomic E-state index is 0.0883. The van der Waals surface area contributed by atoms with Crippen LogP contribution in [0.25, 0.3) is 5.65 Å². The summed E-state index contributed by atoms with van der Waals surface area (Å²) in [7, 11) is 0. The number of amides is 2. The zero-order valence-corrected chi connectivity index (χ0v) is 20.3. The molecule has 0 unspecified atom stereocenters. The summed E-state index contributed by atoms with van der Waals surface area (Å²) < 4.78 is 21.1. The zero-order chi connectivity index (χ0) is 26.0. The van der Waals surface area contributed by atoms with Crippen LogP contribution in [0.5, 0.6) is 5.75 Å². The van der Waals surface area contributed by atoms with Gasteiger partial charge >= 0.3 is 17.6 Å². The Bertz CT molecular complexity index is 1330. The van der Waals surface area contributed by atoms with Crippen LogP contribution in [-0.2, 0) is 11.3 Å². The number of ether oxygens (including phenoxy) is 1. The largest absolute Gasteiger partial charge is 0.501 e. The number of benzene rings is 1. The van der Waals surface area contributed by atoms with Crippen LogP contribution < -0.4 is 10.5 Å². The third-order valence-electron chi connectivity index (χ3n) is 5.67. The van der Waals surface area contributed by atoms with Crippen molar-refractivity contribution in [3.8, 4) is 5.75 Å². The third kappa shape index (κ3) is 5.40. The van der Waals surface area contributed by atoms with E-state index in [2.05, 4.69) is 4.98 Å². The minimum atomic E-state index is -1.21. The van der Waals surface area contributed by atoms with E-state index >= 15 is 0 Å². The molecule has 1 N–H and O–H groups in total. The van der Waals surface area contributed by atoms with Gasteiger partial charge in [0, 0.05) is 32.4 Å². The van der Waals surface area contributed by atoms with E-state index in [1.54, 1.807) is 41.3 Å². The van der Waals surface area contributed by atoms with Gasteiger partial charge in [0.05, 0.1) is 12.2 Å². The molecular weight excluding hydrogens is 469 g/mol. The molecule has 0 atom stereocenters. The van der Waals surface area contributed by atoms with E-state index in [0.29, 0.717) is 37.4 Å². The van der Waals surface area contributed by atoms with Gasteiger partial charge in [0.15, 0.2) is 5.69 Å². The number of carbonyl (C=O) groups excluding carboxylic acids is 2. The van der Waals surface area contributed by atoms with Crippen molar-refractivity contribution in [1.29, 1.82) is 0 Å². The molecule has 0 spiro atoms. The Balaban J connectivity index is 1.51. The van der Waals surface area contributed by atoms with Gasteiger partial charge in [-0.2, -0.15) is 5.12 Å². The fourth-order valence-corrected chi connectivity index (χ4v) is 3.86. The lowest BCUT2D eigenvalue weighted by molar-refractivity contribution is 0.0139. The van der Waals surface area contributed by atoms with Gasteiger partial charge in [-0.3, -0.25) is 14.0 Å². The van der Waals surface area contributed by atoms with E-state index in [4.69, 9.17) is 4.74 Å². The number of fused-ring (bicyclic) bond motifs is 1. The lowest BCUT2D eigenvalue weighted by Crippen LogP contribution is -2.50. The number of hydrogen-bond donors (Lipinski definition) is 1. The van der Waals surface area contributed by atoms with Crippen molar-refractivity contribution in [2.75, 3.05) is 31.1 Å². The van der Waals surface area contributed by atoms with Gasteiger partial charge in [-0.05, 0) is 38.5 Å². The van der Waals surface area contributed by atoms with E-state index in [1.807, 2.05) is 25.7 Å². The number of anilines is 1. The van der Waals surface area contributed by atoms with Crippen molar-refractivity contribution in [2.24, 2.45) is 0 Å². The summed E-state index contributed by atoms with van der Waals surface area (Å²) in [5.74, 6) is -2.14. The van der Waals surface area contributed by atoms with E-state index < -0.39 is 28.5 Å². The first-order valence-electron chi connectivity index (χ1n) is 11.5. The maximum absolute atomic E-state index is 14.5. The van der Waals surface area contributed by atoms with Crippen molar-refractivity contribution in [1.82, 2.24) is 19.4 Å². The van der Waals surface area contributed by atoms with Crippen LogP contribution in [0.4, 0.5) is 15.0 Å². The molecule has 0 bridgehead atoms. The Morgan fingerprint density at radius 1 is 1.08 bits per heavy atom. The molecule has 2 amide bonds. The third-order valence-corrected chi connectivity index (χ3v) is 5.67. The second kappa shape index (κ2) is 9.84.